The number of ether oxygens (including phenoxy) is 1. The first-order valence-corrected chi connectivity index (χ1v) is 5.63. The minimum absolute atomic E-state index is 0.343. The summed E-state index contributed by atoms with van der Waals surface area (Å²) in [6.45, 7) is 2.85. The highest BCUT2D eigenvalue weighted by atomic mass is 19.1. The van der Waals surface area contributed by atoms with Crippen LogP contribution in [0.2, 0.25) is 0 Å². The topological polar surface area (TPSA) is 14.2 Å². The summed E-state index contributed by atoms with van der Waals surface area (Å²) in [4.78, 5) is 0. The maximum absolute atomic E-state index is 12.3. The molecule has 0 fully saturated rings. The lowest BCUT2D eigenvalue weighted by Gasteiger charge is -2.07. The SMILES string of the molecule is CCCOc1cccc2c1ccn2CCF. The molecular formula is C13H16FNO. The third kappa shape index (κ3) is 2.03. The van der Waals surface area contributed by atoms with Crippen LogP contribution in [0.15, 0.2) is 30.5 Å². The zero-order chi connectivity index (χ0) is 11.4. The fourth-order valence-corrected chi connectivity index (χ4v) is 1.82. The molecule has 0 amide bonds. The van der Waals surface area contributed by atoms with E-state index in [1.165, 1.54) is 0 Å². The fourth-order valence-electron chi connectivity index (χ4n) is 1.82. The molecule has 0 N–H and O–H groups in total. The third-order valence-corrected chi connectivity index (χ3v) is 2.56. The van der Waals surface area contributed by atoms with Crippen molar-refractivity contribution < 1.29 is 9.13 Å². The Morgan fingerprint density at radius 3 is 2.94 bits per heavy atom. The second-order valence-electron chi connectivity index (χ2n) is 3.74. The van der Waals surface area contributed by atoms with Crippen LogP contribution in [0.4, 0.5) is 4.39 Å². The molecule has 0 aliphatic carbocycles. The smallest absolute Gasteiger partial charge is 0.128 e. The second kappa shape index (κ2) is 5.01. The molecule has 0 spiro atoms. The molecule has 16 heavy (non-hydrogen) atoms. The summed E-state index contributed by atoms with van der Waals surface area (Å²) >= 11 is 0. The van der Waals surface area contributed by atoms with E-state index in [9.17, 15) is 4.39 Å². The van der Waals surface area contributed by atoms with Crippen LogP contribution in [-0.4, -0.2) is 17.8 Å². The monoisotopic (exact) mass is 221 g/mol. The van der Waals surface area contributed by atoms with Gasteiger partial charge in [-0.3, -0.25) is 0 Å². The Morgan fingerprint density at radius 1 is 1.31 bits per heavy atom. The van der Waals surface area contributed by atoms with Gasteiger partial charge in [0.05, 0.1) is 18.7 Å². The summed E-state index contributed by atoms with van der Waals surface area (Å²) in [5.41, 5.74) is 1.03. The highest BCUT2D eigenvalue weighted by Crippen LogP contribution is 2.26. The molecule has 0 saturated carbocycles. The number of aryl methyl sites for hydroxylation is 1. The molecule has 3 heteroatoms. The summed E-state index contributed by atoms with van der Waals surface area (Å²) in [7, 11) is 0. The number of nitrogens with zero attached hydrogens (tertiary/aromatic N) is 1. The molecule has 0 aliphatic heterocycles. The molecule has 86 valence electrons. The van der Waals surface area contributed by atoms with Gasteiger partial charge in [-0.2, -0.15) is 0 Å². The maximum atomic E-state index is 12.3. The van der Waals surface area contributed by atoms with E-state index in [0.29, 0.717) is 13.2 Å². The Bertz CT molecular complexity index is 464. The number of hydrogen-bond acceptors (Lipinski definition) is 1. The number of fused-ring (bicyclic) bond motifs is 1. The van der Waals surface area contributed by atoms with Crippen molar-refractivity contribution >= 4 is 10.9 Å². The van der Waals surface area contributed by atoms with Crippen molar-refractivity contribution in [2.75, 3.05) is 13.3 Å². The van der Waals surface area contributed by atoms with E-state index in [0.717, 1.165) is 23.1 Å². The van der Waals surface area contributed by atoms with Crippen LogP contribution in [0, 0.1) is 0 Å². The lowest BCUT2D eigenvalue weighted by Crippen LogP contribution is -1.98. The van der Waals surface area contributed by atoms with Crippen molar-refractivity contribution in [3.05, 3.63) is 30.5 Å². The van der Waals surface area contributed by atoms with Gasteiger partial charge in [-0.1, -0.05) is 13.0 Å². The minimum atomic E-state index is -0.343. The number of halogens is 1. The van der Waals surface area contributed by atoms with Gasteiger partial charge in [0.2, 0.25) is 0 Å². The second-order valence-corrected chi connectivity index (χ2v) is 3.74. The first-order valence-electron chi connectivity index (χ1n) is 5.63. The molecule has 2 rings (SSSR count). The first kappa shape index (κ1) is 11.0. The van der Waals surface area contributed by atoms with Crippen LogP contribution in [0.3, 0.4) is 0 Å². The molecule has 0 atom stereocenters. The van der Waals surface area contributed by atoms with Crippen molar-refractivity contribution in [1.29, 1.82) is 0 Å². The van der Waals surface area contributed by atoms with Gasteiger partial charge in [0.25, 0.3) is 0 Å². The average molecular weight is 221 g/mol. The average Bonchev–Trinajstić information content (AvgIpc) is 2.71. The van der Waals surface area contributed by atoms with Gasteiger partial charge in [-0.05, 0) is 24.6 Å². The molecule has 1 heterocycles. The summed E-state index contributed by atoms with van der Waals surface area (Å²) < 4.78 is 19.9. The van der Waals surface area contributed by atoms with E-state index in [1.807, 2.05) is 35.0 Å². The molecular weight excluding hydrogens is 205 g/mol. The van der Waals surface area contributed by atoms with E-state index in [1.54, 1.807) is 0 Å². The molecule has 0 radical (unpaired) electrons. The molecule has 0 unspecified atom stereocenters. The number of aromatic nitrogens is 1. The molecule has 1 aromatic carbocycles. The maximum Gasteiger partial charge on any atom is 0.128 e. The van der Waals surface area contributed by atoms with Gasteiger partial charge < -0.3 is 9.30 Å². The van der Waals surface area contributed by atoms with Gasteiger partial charge in [-0.25, -0.2) is 4.39 Å². The highest BCUT2D eigenvalue weighted by Gasteiger charge is 2.05. The van der Waals surface area contributed by atoms with Crippen molar-refractivity contribution in [1.82, 2.24) is 4.57 Å². The number of alkyl halides is 1. The third-order valence-electron chi connectivity index (χ3n) is 2.56. The first-order chi connectivity index (χ1) is 7.86. The Labute approximate surface area is 94.6 Å². The van der Waals surface area contributed by atoms with Crippen LogP contribution in [0.25, 0.3) is 10.9 Å². The standard InChI is InChI=1S/C13H16FNO/c1-2-10-16-13-5-3-4-12-11(13)6-8-15(12)9-7-14/h3-6,8H,2,7,9-10H2,1H3. The number of hydrogen-bond donors (Lipinski definition) is 0. The Kier molecular flexibility index (Phi) is 3.44. The fraction of sp³-hybridized carbons (Fsp3) is 0.385. The van der Waals surface area contributed by atoms with Gasteiger partial charge in [0, 0.05) is 11.6 Å². The van der Waals surface area contributed by atoms with E-state index >= 15 is 0 Å². The van der Waals surface area contributed by atoms with E-state index in [-0.39, 0.29) is 6.67 Å². The van der Waals surface area contributed by atoms with Gasteiger partial charge >= 0.3 is 0 Å². The summed E-state index contributed by atoms with van der Waals surface area (Å²) in [6.07, 6.45) is 2.89. The van der Waals surface area contributed by atoms with Gasteiger partial charge in [0.1, 0.15) is 12.4 Å². The summed E-state index contributed by atoms with van der Waals surface area (Å²) in [6, 6.07) is 7.87. The summed E-state index contributed by atoms with van der Waals surface area (Å²) in [5.74, 6) is 0.886. The van der Waals surface area contributed by atoms with E-state index < -0.39 is 0 Å². The van der Waals surface area contributed by atoms with Gasteiger partial charge in [-0.15, -0.1) is 0 Å². The molecule has 0 bridgehead atoms. The predicted molar refractivity (Wildman–Crippen MR) is 63.7 cm³/mol. The van der Waals surface area contributed by atoms with Crippen LogP contribution in [-0.2, 0) is 6.54 Å². The largest absolute Gasteiger partial charge is 0.493 e. The number of benzene rings is 1. The Hall–Kier alpha value is -1.51. The minimum Gasteiger partial charge on any atom is -0.493 e. The van der Waals surface area contributed by atoms with Crippen molar-refractivity contribution in [3.8, 4) is 5.75 Å². The lowest BCUT2D eigenvalue weighted by molar-refractivity contribution is 0.321. The van der Waals surface area contributed by atoms with Crippen LogP contribution in [0.5, 0.6) is 5.75 Å². The molecule has 0 aliphatic rings. The van der Waals surface area contributed by atoms with Crippen molar-refractivity contribution in [2.45, 2.75) is 19.9 Å². The van der Waals surface area contributed by atoms with Crippen molar-refractivity contribution in [2.24, 2.45) is 0 Å². The quantitative estimate of drug-likeness (QED) is 0.754. The molecule has 0 saturated heterocycles. The normalized spacial score (nSPS) is 10.9. The van der Waals surface area contributed by atoms with Crippen LogP contribution < -0.4 is 4.74 Å². The van der Waals surface area contributed by atoms with Crippen molar-refractivity contribution in [3.63, 3.8) is 0 Å². The zero-order valence-corrected chi connectivity index (χ0v) is 9.45. The lowest BCUT2D eigenvalue weighted by atomic mass is 10.2. The van der Waals surface area contributed by atoms with E-state index in [2.05, 4.69) is 6.92 Å². The predicted octanol–water partition coefficient (Wildman–Crippen LogP) is 3.40. The summed E-state index contributed by atoms with van der Waals surface area (Å²) in [5, 5.41) is 1.06. The highest BCUT2D eigenvalue weighted by molar-refractivity contribution is 5.86. The Morgan fingerprint density at radius 2 is 2.19 bits per heavy atom. The zero-order valence-electron chi connectivity index (χ0n) is 9.45. The molecule has 2 aromatic rings. The van der Waals surface area contributed by atoms with Crippen LogP contribution in [0.1, 0.15) is 13.3 Å². The Balaban J connectivity index is 2.36. The van der Waals surface area contributed by atoms with Crippen LogP contribution >= 0.6 is 0 Å². The molecule has 1 aromatic heterocycles. The van der Waals surface area contributed by atoms with Gasteiger partial charge in [0.15, 0.2) is 0 Å². The molecule has 2 nitrogen and oxygen atoms in total. The number of rotatable bonds is 5. The van der Waals surface area contributed by atoms with E-state index in [4.69, 9.17) is 4.74 Å².